The molecule has 0 aliphatic carbocycles. The van der Waals surface area contributed by atoms with Crippen molar-refractivity contribution in [3.8, 4) is 0 Å². The van der Waals surface area contributed by atoms with Gasteiger partial charge in [0, 0.05) is 11.5 Å². The lowest BCUT2D eigenvalue weighted by Gasteiger charge is -2.06. The number of hydrogen-bond acceptors (Lipinski definition) is 3. The zero-order valence-electron chi connectivity index (χ0n) is 8.66. The molecule has 0 atom stereocenters. The van der Waals surface area contributed by atoms with Crippen molar-refractivity contribution in [3.05, 3.63) is 39.8 Å². The highest BCUT2D eigenvalue weighted by atomic mass is 32.2. The van der Waals surface area contributed by atoms with Crippen LogP contribution in [0.5, 0.6) is 0 Å². The molecule has 1 aromatic rings. The number of nitrogens with zero attached hydrogens (tertiary/aromatic N) is 3. The van der Waals surface area contributed by atoms with Crippen molar-refractivity contribution in [3.63, 3.8) is 0 Å². The Balaban J connectivity index is 3.13. The van der Waals surface area contributed by atoms with E-state index in [1.54, 1.807) is 12.1 Å². The zero-order valence-corrected chi connectivity index (χ0v) is 9.48. The molecular formula is C9H11N3O3S. The van der Waals surface area contributed by atoms with E-state index in [2.05, 4.69) is 10.0 Å². The average Bonchev–Trinajstić information content (AvgIpc) is 2.16. The first-order valence-electron chi connectivity index (χ1n) is 4.53. The molecule has 1 N–H and O–H groups in total. The molecular weight excluding hydrogens is 230 g/mol. The normalized spacial score (nSPS) is 10.9. The number of azide groups is 1. The first-order valence-corrected chi connectivity index (χ1v) is 5.97. The third-order valence-corrected chi connectivity index (χ3v) is 2.99. The first-order chi connectivity index (χ1) is 7.45. The molecule has 1 aromatic carbocycles. The van der Waals surface area contributed by atoms with Gasteiger partial charge < -0.3 is 0 Å². The summed E-state index contributed by atoms with van der Waals surface area (Å²) >= 11 is 0. The minimum Gasteiger partial charge on any atom is -0.282 e. The fourth-order valence-corrected chi connectivity index (χ4v) is 2.10. The number of hydrogen-bond donors (Lipinski definition) is 1. The monoisotopic (exact) mass is 241 g/mol. The highest BCUT2D eigenvalue weighted by Gasteiger charge is 2.14. The van der Waals surface area contributed by atoms with Crippen LogP contribution in [0.2, 0.25) is 0 Å². The van der Waals surface area contributed by atoms with Crippen LogP contribution in [0.4, 0.5) is 0 Å². The van der Waals surface area contributed by atoms with Crippen LogP contribution in [-0.2, 0) is 16.5 Å². The Labute approximate surface area is 93.3 Å². The predicted octanol–water partition coefficient (Wildman–Crippen LogP) is 2.09. The van der Waals surface area contributed by atoms with E-state index < -0.39 is 10.1 Å². The fourth-order valence-electron chi connectivity index (χ4n) is 1.37. The Hall–Kier alpha value is -1.56. The maximum Gasteiger partial charge on any atom is 0.294 e. The summed E-state index contributed by atoms with van der Waals surface area (Å²) in [7, 11) is -4.22. The summed E-state index contributed by atoms with van der Waals surface area (Å²) in [5.74, 6) is 0. The van der Waals surface area contributed by atoms with Gasteiger partial charge in [-0.1, -0.05) is 22.8 Å². The summed E-state index contributed by atoms with van der Waals surface area (Å²) in [5, 5.41) is 3.32. The third-order valence-electron chi connectivity index (χ3n) is 2.04. The summed E-state index contributed by atoms with van der Waals surface area (Å²) < 4.78 is 31.1. The fraction of sp³-hybridized carbons (Fsp3) is 0.333. The van der Waals surface area contributed by atoms with Gasteiger partial charge in [0.2, 0.25) is 0 Å². The second-order valence-electron chi connectivity index (χ2n) is 3.29. The Morgan fingerprint density at radius 3 is 2.75 bits per heavy atom. The van der Waals surface area contributed by atoms with E-state index in [0.717, 1.165) is 5.56 Å². The van der Waals surface area contributed by atoms with Gasteiger partial charge in [-0.15, -0.1) is 0 Å². The van der Waals surface area contributed by atoms with Crippen LogP contribution < -0.4 is 0 Å². The number of aryl methyl sites for hydroxylation is 1. The van der Waals surface area contributed by atoms with Crippen LogP contribution in [0.1, 0.15) is 11.1 Å². The van der Waals surface area contributed by atoms with E-state index in [-0.39, 0.29) is 17.9 Å². The Kier molecular flexibility index (Phi) is 3.89. The molecule has 0 spiro atoms. The van der Waals surface area contributed by atoms with Crippen molar-refractivity contribution in [2.75, 3.05) is 6.54 Å². The van der Waals surface area contributed by atoms with Gasteiger partial charge >= 0.3 is 0 Å². The zero-order chi connectivity index (χ0) is 12.2. The summed E-state index contributed by atoms with van der Waals surface area (Å²) in [5.41, 5.74) is 9.45. The van der Waals surface area contributed by atoms with E-state index in [1.165, 1.54) is 6.07 Å². The Bertz CT molecular complexity index is 533. The highest BCUT2D eigenvalue weighted by Crippen LogP contribution is 2.17. The minimum absolute atomic E-state index is 0.133. The van der Waals surface area contributed by atoms with E-state index >= 15 is 0 Å². The third kappa shape index (κ3) is 3.23. The number of benzene rings is 1. The second-order valence-corrected chi connectivity index (χ2v) is 4.68. The average molecular weight is 241 g/mol. The Morgan fingerprint density at radius 1 is 1.50 bits per heavy atom. The van der Waals surface area contributed by atoms with Gasteiger partial charge in [-0.3, -0.25) is 4.55 Å². The molecule has 0 aliphatic heterocycles. The van der Waals surface area contributed by atoms with Gasteiger partial charge in [0.25, 0.3) is 10.1 Å². The molecule has 0 saturated carbocycles. The topological polar surface area (TPSA) is 103 Å². The molecule has 0 radical (unpaired) electrons. The van der Waals surface area contributed by atoms with Crippen LogP contribution in [0.15, 0.2) is 28.2 Å². The van der Waals surface area contributed by atoms with Gasteiger partial charge in [-0.05, 0) is 30.5 Å². The van der Waals surface area contributed by atoms with Crippen molar-refractivity contribution in [2.24, 2.45) is 5.11 Å². The maximum atomic E-state index is 11.0. The van der Waals surface area contributed by atoms with Crippen molar-refractivity contribution in [2.45, 2.75) is 18.2 Å². The number of rotatable bonds is 4. The standard InChI is InChI=1S/C9H11N3O3S/c1-7-2-3-9(16(13,14)15)8(6-7)4-5-11-12-10/h2-3,6H,4-5H2,1H3,(H,13,14,15). The van der Waals surface area contributed by atoms with E-state index in [4.69, 9.17) is 10.1 Å². The molecule has 6 nitrogen and oxygen atoms in total. The summed E-state index contributed by atoms with van der Waals surface area (Å²) in [6, 6.07) is 4.59. The molecule has 1 rings (SSSR count). The maximum absolute atomic E-state index is 11.0. The van der Waals surface area contributed by atoms with Crippen LogP contribution in [0, 0.1) is 6.92 Å². The Morgan fingerprint density at radius 2 is 2.19 bits per heavy atom. The van der Waals surface area contributed by atoms with Crippen LogP contribution in [-0.4, -0.2) is 19.5 Å². The summed E-state index contributed by atoms with van der Waals surface area (Å²) in [6.45, 7) is 1.97. The molecule has 0 unspecified atom stereocenters. The quantitative estimate of drug-likeness (QED) is 0.377. The lowest BCUT2D eigenvalue weighted by Crippen LogP contribution is -2.04. The lowest BCUT2D eigenvalue weighted by atomic mass is 10.1. The van der Waals surface area contributed by atoms with Crippen LogP contribution in [0.3, 0.4) is 0 Å². The first kappa shape index (κ1) is 12.5. The minimum atomic E-state index is -4.22. The summed E-state index contributed by atoms with van der Waals surface area (Å²) in [6.07, 6.45) is 0.279. The van der Waals surface area contributed by atoms with Crippen molar-refractivity contribution in [1.29, 1.82) is 0 Å². The molecule has 16 heavy (non-hydrogen) atoms. The van der Waals surface area contributed by atoms with Gasteiger partial charge in [0.05, 0.1) is 4.90 Å². The van der Waals surface area contributed by atoms with E-state index in [0.29, 0.717) is 5.56 Å². The summed E-state index contributed by atoms with van der Waals surface area (Å²) in [4.78, 5) is 2.44. The molecule has 0 aromatic heterocycles. The smallest absolute Gasteiger partial charge is 0.282 e. The molecule has 0 saturated heterocycles. The SMILES string of the molecule is Cc1ccc(S(=O)(=O)O)c(CCN=[N+]=[N-])c1. The van der Waals surface area contributed by atoms with Crippen molar-refractivity contribution in [1.82, 2.24) is 0 Å². The van der Waals surface area contributed by atoms with E-state index in [1.807, 2.05) is 6.92 Å². The van der Waals surface area contributed by atoms with Crippen LogP contribution in [0.25, 0.3) is 10.4 Å². The second kappa shape index (κ2) is 4.98. The molecule has 0 amide bonds. The van der Waals surface area contributed by atoms with Gasteiger partial charge in [-0.25, -0.2) is 0 Å². The van der Waals surface area contributed by atoms with Gasteiger partial charge in [-0.2, -0.15) is 8.42 Å². The van der Waals surface area contributed by atoms with Gasteiger partial charge in [0.1, 0.15) is 0 Å². The van der Waals surface area contributed by atoms with Crippen molar-refractivity contribution < 1.29 is 13.0 Å². The molecule has 7 heteroatoms. The van der Waals surface area contributed by atoms with Crippen LogP contribution >= 0.6 is 0 Å². The van der Waals surface area contributed by atoms with Gasteiger partial charge in [0.15, 0.2) is 0 Å². The highest BCUT2D eigenvalue weighted by molar-refractivity contribution is 7.85. The largest absolute Gasteiger partial charge is 0.294 e. The molecule has 0 bridgehead atoms. The molecule has 86 valence electrons. The molecule has 0 fully saturated rings. The van der Waals surface area contributed by atoms with Crippen molar-refractivity contribution >= 4 is 10.1 Å². The van der Waals surface area contributed by atoms with E-state index in [9.17, 15) is 8.42 Å². The molecule has 0 aliphatic rings. The molecule has 0 heterocycles. The predicted molar refractivity (Wildman–Crippen MR) is 58.7 cm³/mol. The lowest BCUT2D eigenvalue weighted by molar-refractivity contribution is 0.482.